The maximum Gasteiger partial charge on any atom is 0.0307 e. The second-order valence-corrected chi connectivity index (χ2v) is 5.99. The standard InChI is InChI=1S/C9H8Br2I2/c1-5-6(3-10)2-7(4-11)9(13)8(5)12/h2H,3-4H2,1H3. The number of alkyl halides is 2. The second-order valence-electron chi connectivity index (χ2n) is 2.72. The van der Waals surface area contributed by atoms with E-state index in [1.807, 2.05) is 0 Å². The number of hydrogen-bond acceptors (Lipinski definition) is 0. The minimum atomic E-state index is 0.932. The molecule has 0 fully saturated rings. The minimum Gasteiger partial charge on any atom is -0.0876 e. The molecule has 0 amide bonds. The van der Waals surface area contributed by atoms with E-state index in [-0.39, 0.29) is 0 Å². The average molecular weight is 530 g/mol. The molecule has 0 heterocycles. The van der Waals surface area contributed by atoms with Crippen LogP contribution in [0, 0.1) is 14.1 Å². The fourth-order valence-corrected chi connectivity index (χ4v) is 4.06. The molecule has 0 aliphatic heterocycles. The molecule has 0 spiro atoms. The zero-order valence-electron chi connectivity index (χ0n) is 7.00. The molecule has 0 aliphatic carbocycles. The summed E-state index contributed by atoms with van der Waals surface area (Å²) in [4.78, 5) is 0. The van der Waals surface area contributed by atoms with E-state index >= 15 is 0 Å². The van der Waals surface area contributed by atoms with E-state index in [4.69, 9.17) is 0 Å². The van der Waals surface area contributed by atoms with Crippen LogP contribution in [0.25, 0.3) is 0 Å². The molecule has 0 bridgehead atoms. The molecule has 0 aromatic heterocycles. The van der Waals surface area contributed by atoms with Gasteiger partial charge < -0.3 is 0 Å². The second kappa shape index (κ2) is 5.65. The van der Waals surface area contributed by atoms with E-state index in [1.54, 1.807) is 0 Å². The van der Waals surface area contributed by atoms with E-state index in [9.17, 15) is 0 Å². The van der Waals surface area contributed by atoms with E-state index in [0.717, 1.165) is 10.7 Å². The maximum atomic E-state index is 3.51. The summed E-state index contributed by atoms with van der Waals surface area (Å²) < 4.78 is 2.75. The first-order chi connectivity index (χ1) is 6.11. The van der Waals surface area contributed by atoms with Gasteiger partial charge in [-0.1, -0.05) is 37.9 Å². The molecule has 0 N–H and O–H groups in total. The third kappa shape index (κ3) is 2.81. The quantitative estimate of drug-likeness (QED) is 0.374. The molecule has 0 aliphatic rings. The highest BCUT2D eigenvalue weighted by molar-refractivity contribution is 14.1. The van der Waals surface area contributed by atoms with Crippen molar-refractivity contribution in [1.82, 2.24) is 0 Å². The van der Waals surface area contributed by atoms with Gasteiger partial charge in [0, 0.05) is 17.8 Å². The Kier molecular flexibility index (Phi) is 5.52. The Bertz CT molecular complexity index is 296. The zero-order chi connectivity index (χ0) is 10.0. The molecular weight excluding hydrogens is 522 g/mol. The molecule has 0 unspecified atom stereocenters. The summed E-state index contributed by atoms with van der Waals surface area (Å²) >= 11 is 11.8. The third-order valence-corrected chi connectivity index (χ3v) is 6.74. The van der Waals surface area contributed by atoms with Crippen LogP contribution < -0.4 is 0 Å². The van der Waals surface area contributed by atoms with E-state index in [2.05, 4.69) is 90.0 Å². The lowest BCUT2D eigenvalue weighted by Gasteiger charge is -2.11. The summed E-state index contributed by atoms with van der Waals surface area (Å²) in [6, 6.07) is 2.27. The summed E-state index contributed by atoms with van der Waals surface area (Å²) in [7, 11) is 0. The Balaban J connectivity index is 3.36. The first kappa shape index (κ1) is 12.7. The van der Waals surface area contributed by atoms with Crippen LogP contribution in [0.2, 0.25) is 0 Å². The summed E-state index contributed by atoms with van der Waals surface area (Å²) in [6.07, 6.45) is 0. The Hall–Kier alpha value is 1.64. The predicted molar refractivity (Wildman–Crippen MR) is 81.9 cm³/mol. The van der Waals surface area contributed by atoms with Crippen LogP contribution >= 0.6 is 77.0 Å². The molecule has 72 valence electrons. The maximum absolute atomic E-state index is 3.51. The summed E-state index contributed by atoms with van der Waals surface area (Å²) in [5.41, 5.74) is 4.16. The summed E-state index contributed by atoms with van der Waals surface area (Å²) in [5.74, 6) is 0. The van der Waals surface area contributed by atoms with Crippen molar-refractivity contribution in [1.29, 1.82) is 0 Å². The molecule has 0 saturated carbocycles. The number of halogens is 4. The fourth-order valence-electron chi connectivity index (χ4n) is 1.06. The van der Waals surface area contributed by atoms with Gasteiger partial charge >= 0.3 is 0 Å². The van der Waals surface area contributed by atoms with Crippen molar-refractivity contribution in [3.05, 3.63) is 29.9 Å². The Morgan fingerprint density at radius 1 is 1.08 bits per heavy atom. The van der Waals surface area contributed by atoms with E-state index in [0.29, 0.717) is 0 Å². The fraction of sp³-hybridized carbons (Fsp3) is 0.333. The Labute approximate surface area is 123 Å². The number of benzene rings is 1. The monoisotopic (exact) mass is 528 g/mol. The zero-order valence-corrected chi connectivity index (χ0v) is 14.5. The lowest BCUT2D eigenvalue weighted by atomic mass is 10.1. The van der Waals surface area contributed by atoms with Gasteiger partial charge in [0.1, 0.15) is 0 Å². The van der Waals surface area contributed by atoms with Gasteiger partial charge in [-0.3, -0.25) is 0 Å². The number of hydrogen-bond donors (Lipinski definition) is 0. The first-order valence-electron chi connectivity index (χ1n) is 3.70. The summed E-state index contributed by atoms with van der Waals surface area (Å²) in [6.45, 7) is 2.18. The van der Waals surface area contributed by atoms with Crippen molar-refractivity contribution in [2.24, 2.45) is 0 Å². The first-order valence-corrected chi connectivity index (χ1v) is 8.10. The molecule has 1 rings (SSSR count). The Morgan fingerprint density at radius 2 is 1.62 bits per heavy atom. The van der Waals surface area contributed by atoms with Crippen LogP contribution in [0.5, 0.6) is 0 Å². The Morgan fingerprint density at radius 3 is 2.08 bits per heavy atom. The lowest BCUT2D eigenvalue weighted by Crippen LogP contribution is -1.97. The van der Waals surface area contributed by atoms with Gasteiger partial charge in [0.25, 0.3) is 0 Å². The van der Waals surface area contributed by atoms with E-state index in [1.165, 1.54) is 23.8 Å². The van der Waals surface area contributed by atoms with Gasteiger partial charge in [-0.05, 0) is 68.8 Å². The molecule has 0 nitrogen and oxygen atoms in total. The molecule has 0 radical (unpaired) electrons. The van der Waals surface area contributed by atoms with Crippen molar-refractivity contribution in [3.63, 3.8) is 0 Å². The highest BCUT2D eigenvalue weighted by Gasteiger charge is 2.09. The van der Waals surface area contributed by atoms with Gasteiger partial charge in [0.05, 0.1) is 0 Å². The predicted octanol–water partition coefficient (Wildman–Crippen LogP) is 4.99. The van der Waals surface area contributed by atoms with Crippen LogP contribution in [0.1, 0.15) is 16.7 Å². The highest BCUT2D eigenvalue weighted by atomic mass is 127. The largest absolute Gasteiger partial charge is 0.0876 e. The smallest absolute Gasteiger partial charge is 0.0307 e. The van der Waals surface area contributed by atoms with Crippen molar-refractivity contribution >= 4 is 77.0 Å². The van der Waals surface area contributed by atoms with Crippen LogP contribution in [-0.2, 0) is 10.7 Å². The van der Waals surface area contributed by atoms with Crippen molar-refractivity contribution < 1.29 is 0 Å². The van der Waals surface area contributed by atoms with Crippen LogP contribution in [0.4, 0.5) is 0 Å². The van der Waals surface area contributed by atoms with Gasteiger partial charge in [-0.25, -0.2) is 0 Å². The van der Waals surface area contributed by atoms with Crippen LogP contribution in [0.3, 0.4) is 0 Å². The molecule has 1 aromatic carbocycles. The van der Waals surface area contributed by atoms with Crippen molar-refractivity contribution in [3.8, 4) is 0 Å². The summed E-state index contributed by atoms with van der Waals surface area (Å²) in [5, 5.41) is 1.87. The topological polar surface area (TPSA) is 0 Å². The van der Waals surface area contributed by atoms with Gasteiger partial charge in [-0.15, -0.1) is 0 Å². The molecule has 0 saturated heterocycles. The lowest BCUT2D eigenvalue weighted by molar-refractivity contribution is 1.23. The van der Waals surface area contributed by atoms with Crippen LogP contribution in [0.15, 0.2) is 6.07 Å². The van der Waals surface area contributed by atoms with Gasteiger partial charge in [0.15, 0.2) is 0 Å². The minimum absolute atomic E-state index is 0.932. The molecule has 13 heavy (non-hydrogen) atoms. The van der Waals surface area contributed by atoms with Gasteiger partial charge in [0.2, 0.25) is 0 Å². The molecule has 0 atom stereocenters. The highest BCUT2D eigenvalue weighted by Crippen LogP contribution is 2.28. The number of rotatable bonds is 2. The molecule has 1 aromatic rings. The molecule has 4 heteroatoms. The van der Waals surface area contributed by atoms with Crippen molar-refractivity contribution in [2.45, 2.75) is 17.6 Å². The average Bonchev–Trinajstić information content (AvgIpc) is 2.15. The van der Waals surface area contributed by atoms with E-state index < -0.39 is 0 Å². The van der Waals surface area contributed by atoms with Crippen molar-refractivity contribution in [2.75, 3.05) is 0 Å². The third-order valence-electron chi connectivity index (χ3n) is 1.92. The normalized spacial score (nSPS) is 10.5. The van der Waals surface area contributed by atoms with Gasteiger partial charge in [-0.2, -0.15) is 0 Å². The SMILES string of the molecule is Cc1c(CBr)cc(CBr)c(I)c1I. The molecular formula is C9H8Br2I2. The van der Waals surface area contributed by atoms with Crippen LogP contribution in [-0.4, -0.2) is 0 Å².